The van der Waals surface area contributed by atoms with Crippen LogP contribution in [0.5, 0.6) is 5.75 Å². The maximum Gasteiger partial charge on any atom is 0.416 e. The van der Waals surface area contributed by atoms with Gasteiger partial charge in [-0.15, -0.1) is 0 Å². The third-order valence-electron chi connectivity index (χ3n) is 7.87. The van der Waals surface area contributed by atoms with Crippen LogP contribution in [0.3, 0.4) is 0 Å². The molecule has 0 aromatic heterocycles. The fourth-order valence-electron chi connectivity index (χ4n) is 5.24. The average Bonchev–Trinajstić information content (AvgIpc) is 3.03. The van der Waals surface area contributed by atoms with Crippen LogP contribution in [-0.4, -0.2) is 65.7 Å². The number of urea groups is 1. The van der Waals surface area contributed by atoms with Crippen molar-refractivity contribution in [3.8, 4) is 5.75 Å². The smallest absolute Gasteiger partial charge is 0.416 e. The molecule has 1 aliphatic heterocycles. The van der Waals surface area contributed by atoms with E-state index in [1.807, 2.05) is 18.9 Å². The van der Waals surface area contributed by atoms with Crippen molar-refractivity contribution in [1.29, 1.82) is 0 Å². The number of rotatable bonds is 8. The van der Waals surface area contributed by atoms with Crippen LogP contribution in [0.2, 0.25) is 0 Å². The van der Waals surface area contributed by atoms with E-state index in [4.69, 9.17) is 4.74 Å². The minimum atomic E-state index is -4.51. The van der Waals surface area contributed by atoms with Gasteiger partial charge < -0.3 is 25.4 Å². The highest BCUT2D eigenvalue weighted by molar-refractivity contribution is 6.00. The number of likely N-dealkylation sites (N-methyl/N-ethyl adjacent to an activating group) is 1. The topological polar surface area (TPSA) is 94.1 Å². The first-order valence-electron chi connectivity index (χ1n) is 14.8. The summed E-state index contributed by atoms with van der Waals surface area (Å²) < 4.78 is 84.0. The van der Waals surface area contributed by atoms with Crippen LogP contribution in [0.4, 0.5) is 42.5 Å². The predicted octanol–water partition coefficient (Wildman–Crippen LogP) is 6.65. The van der Waals surface area contributed by atoms with Crippen molar-refractivity contribution in [3.05, 3.63) is 89.0 Å². The zero-order chi connectivity index (χ0) is 34.5. The van der Waals surface area contributed by atoms with E-state index in [1.165, 1.54) is 12.1 Å². The van der Waals surface area contributed by atoms with Crippen molar-refractivity contribution in [1.82, 2.24) is 9.80 Å². The molecule has 4 rings (SSSR count). The van der Waals surface area contributed by atoms with E-state index in [2.05, 4.69) is 10.6 Å². The lowest BCUT2D eigenvalue weighted by atomic mass is 10.0. The third kappa shape index (κ3) is 9.61. The number of halogens is 6. The zero-order valence-electron chi connectivity index (χ0n) is 26.0. The normalized spacial score (nSPS) is 18.0. The first-order valence-corrected chi connectivity index (χ1v) is 14.8. The number of hydrogen-bond acceptors (Lipinski definition) is 5. The summed E-state index contributed by atoms with van der Waals surface area (Å²) in [6.07, 6.45) is -9.52. The van der Waals surface area contributed by atoms with Gasteiger partial charge in [0.05, 0.1) is 30.2 Å². The van der Waals surface area contributed by atoms with E-state index in [0.717, 1.165) is 36.4 Å². The Labute approximate surface area is 268 Å². The number of aliphatic hydroxyl groups excluding tert-OH is 1. The van der Waals surface area contributed by atoms with Gasteiger partial charge in [-0.05, 0) is 74.1 Å². The van der Waals surface area contributed by atoms with Crippen LogP contribution in [-0.2, 0) is 30.1 Å². The molecule has 1 heterocycles. The Bertz CT molecular complexity index is 1530. The summed E-state index contributed by atoms with van der Waals surface area (Å²) in [5, 5.41) is 15.0. The zero-order valence-corrected chi connectivity index (χ0v) is 26.0. The number of alkyl halides is 6. The number of carbonyl (C=O) groups excluding carboxylic acids is 2. The second-order valence-corrected chi connectivity index (χ2v) is 11.8. The van der Waals surface area contributed by atoms with Gasteiger partial charge in [-0.2, -0.15) is 26.3 Å². The highest BCUT2D eigenvalue weighted by atomic mass is 19.4. The molecule has 3 atom stereocenters. The first kappa shape index (κ1) is 35.6. The fraction of sp³-hybridized carbons (Fsp3) is 0.394. The lowest BCUT2D eigenvalue weighted by molar-refractivity contribution is -0.138. The molecule has 0 saturated carbocycles. The number of anilines is 2. The summed E-state index contributed by atoms with van der Waals surface area (Å²) in [7, 11) is 1.81. The van der Waals surface area contributed by atoms with E-state index in [-0.39, 0.29) is 37.1 Å². The van der Waals surface area contributed by atoms with Crippen molar-refractivity contribution in [2.45, 2.75) is 51.3 Å². The molecule has 14 heteroatoms. The quantitative estimate of drug-likeness (QED) is 0.234. The molecule has 3 N–H and O–H groups in total. The van der Waals surface area contributed by atoms with Gasteiger partial charge in [0.1, 0.15) is 11.9 Å². The van der Waals surface area contributed by atoms with E-state index >= 15 is 0 Å². The molecule has 0 spiro atoms. The lowest BCUT2D eigenvalue weighted by Gasteiger charge is -2.34. The standard InChI is InChI=1S/C33H36F6N4O4/c1-20-16-43(21(2)19-44)30(45)15-23-14-27(41-31(46)40-26-10-8-25(9-11-26)33(37,38)39)12-13-28(23)47-29(20)18-42(3)17-22-4-6-24(7-5-22)32(34,35)36/h4-14,20-21,29,44H,15-19H2,1-3H3,(H2,40,41,46)/t20-,21+,29-/m1/s1. The largest absolute Gasteiger partial charge is 0.488 e. The second-order valence-electron chi connectivity index (χ2n) is 11.8. The maximum atomic E-state index is 13.5. The van der Waals surface area contributed by atoms with Crippen molar-refractivity contribution < 1.29 is 45.8 Å². The Morgan fingerprint density at radius 3 is 2.09 bits per heavy atom. The molecule has 0 fully saturated rings. The van der Waals surface area contributed by atoms with Crippen molar-refractivity contribution in [3.63, 3.8) is 0 Å². The molecule has 3 aromatic carbocycles. The van der Waals surface area contributed by atoms with Gasteiger partial charge in [0.25, 0.3) is 0 Å². The monoisotopic (exact) mass is 666 g/mol. The summed E-state index contributed by atoms with van der Waals surface area (Å²) in [5.41, 5.74) is -0.0112. The lowest BCUT2D eigenvalue weighted by Crippen LogP contribution is -2.47. The molecule has 0 unspecified atom stereocenters. The molecular formula is C33H36F6N4O4. The Hall–Kier alpha value is -4.30. The van der Waals surface area contributed by atoms with Crippen LogP contribution in [0, 0.1) is 5.92 Å². The molecule has 0 aliphatic carbocycles. The molecule has 3 aromatic rings. The number of aliphatic hydroxyl groups is 1. The number of nitrogens with one attached hydrogen (secondary N) is 2. The Balaban J connectivity index is 1.52. The van der Waals surface area contributed by atoms with Gasteiger partial charge in [0, 0.05) is 42.5 Å². The molecule has 254 valence electrons. The molecule has 1 aliphatic rings. The summed E-state index contributed by atoms with van der Waals surface area (Å²) >= 11 is 0. The van der Waals surface area contributed by atoms with Crippen LogP contribution < -0.4 is 15.4 Å². The molecule has 0 saturated heterocycles. The van der Waals surface area contributed by atoms with Crippen molar-refractivity contribution >= 4 is 23.3 Å². The molecule has 3 amide bonds. The van der Waals surface area contributed by atoms with E-state index in [1.54, 1.807) is 30.0 Å². The Morgan fingerprint density at radius 2 is 1.51 bits per heavy atom. The number of amides is 3. The summed E-state index contributed by atoms with van der Waals surface area (Å²) in [5.74, 6) is -0.0973. The van der Waals surface area contributed by atoms with Gasteiger partial charge in [0.2, 0.25) is 5.91 Å². The highest BCUT2D eigenvalue weighted by Gasteiger charge is 2.33. The number of hydrogen-bond donors (Lipinski definition) is 3. The van der Waals surface area contributed by atoms with Crippen molar-refractivity contribution in [2.75, 3.05) is 37.4 Å². The van der Waals surface area contributed by atoms with Crippen LogP contribution in [0.1, 0.15) is 36.1 Å². The van der Waals surface area contributed by atoms with E-state index in [9.17, 15) is 41.0 Å². The minimum Gasteiger partial charge on any atom is -0.488 e. The van der Waals surface area contributed by atoms with Gasteiger partial charge in [0.15, 0.2) is 0 Å². The van der Waals surface area contributed by atoms with Gasteiger partial charge in [-0.25, -0.2) is 4.79 Å². The van der Waals surface area contributed by atoms with Gasteiger partial charge >= 0.3 is 18.4 Å². The van der Waals surface area contributed by atoms with Crippen LogP contribution >= 0.6 is 0 Å². The highest BCUT2D eigenvalue weighted by Crippen LogP contribution is 2.32. The molecule has 47 heavy (non-hydrogen) atoms. The SMILES string of the molecule is C[C@@H]1CN([C@@H](C)CO)C(=O)Cc2cc(NC(=O)Nc3ccc(C(F)(F)F)cc3)ccc2O[C@@H]1CN(C)Cc1ccc(C(F)(F)F)cc1. The second kappa shape index (κ2) is 14.6. The van der Waals surface area contributed by atoms with Crippen LogP contribution in [0.15, 0.2) is 66.7 Å². The Kier molecular flexibility index (Phi) is 11.1. The average molecular weight is 667 g/mol. The molecule has 0 bridgehead atoms. The number of nitrogens with zero attached hydrogens (tertiary/aromatic N) is 2. The van der Waals surface area contributed by atoms with Gasteiger partial charge in [-0.1, -0.05) is 19.1 Å². The van der Waals surface area contributed by atoms with Crippen molar-refractivity contribution in [2.24, 2.45) is 5.92 Å². The number of fused-ring (bicyclic) bond motifs is 1. The first-order chi connectivity index (χ1) is 22.0. The van der Waals surface area contributed by atoms with E-state index < -0.39 is 41.7 Å². The molecular weight excluding hydrogens is 630 g/mol. The fourth-order valence-corrected chi connectivity index (χ4v) is 5.24. The van der Waals surface area contributed by atoms with Crippen LogP contribution in [0.25, 0.3) is 0 Å². The molecule has 0 radical (unpaired) electrons. The Morgan fingerprint density at radius 1 is 0.957 bits per heavy atom. The number of benzene rings is 3. The summed E-state index contributed by atoms with van der Waals surface area (Å²) in [4.78, 5) is 29.6. The minimum absolute atomic E-state index is 0.101. The molecule has 8 nitrogen and oxygen atoms in total. The summed E-state index contributed by atoms with van der Waals surface area (Å²) in [6, 6.07) is 12.4. The predicted molar refractivity (Wildman–Crippen MR) is 164 cm³/mol. The van der Waals surface area contributed by atoms with E-state index in [0.29, 0.717) is 35.7 Å². The third-order valence-corrected chi connectivity index (χ3v) is 7.87. The summed E-state index contributed by atoms with van der Waals surface area (Å²) in [6.45, 7) is 4.33. The maximum absolute atomic E-state index is 13.5. The number of ether oxygens (including phenoxy) is 1. The van der Waals surface area contributed by atoms with Gasteiger partial charge in [-0.3, -0.25) is 9.69 Å². The number of carbonyl (C=O) groups is 2.